The first-order chi connectivity index (χ1) is 10.7. The van der Waals surface area contributed by atoms with Gasteiger partial charge in [0.25, 0.3) is 0 Å². The summed E-state index contributed by atoms with van der Waals surface area (Å²) >= 11 is 0. The van der Waals surface area contributed by atoms with Gasteiger partial charge < -0.3 is 4.74 Å². The Kier molecular flexibility index (Phi) is 4.74. The Hall–Kier alpha value is -1.45. The lowest BCUT2D eigenvalue weighted by Gasteiger charge is -2.43. The standard InChI is InChI=1S/C18H26N2O2/c1-14-19-12-16(13-20-14)22-17(21)18(10-6-3-7-11-18)15-8-4-2-5-9-15/h12-13,15H,2-11H2,1H3. The fraction of sp³-hybridized carbons (Fsp3) is 0.722. The molecule has 0 amide bonds. The summed E-state index contributed by atoms with van der Waals surface area (Å²) in [5, 5.41) is 0. The van der Waals surface area contributed by atoms with Gasteiger partial charge in [0, 0.05) is 0 Å². The summed E-state index contributed by atoms with van der Waals surface area (Å²) in [6.45, 7) is 1.83. The van der Waals surface area contributed by atoms with Crippen LogP contribution in [-0.4, -0.2) is 15.9 Å². The van der Waals surface area contributed by atoms with Gasteiger partial charge in [-0.25, -0.2) is 9.97 Å². The second kappa shape index (κ2) is 6.76. The van der Waals surface area contributed by atoms with Crippen molar-refractivity contribution >= 4 is 5.97 Å². The van der Waals surface area contributed by atoms with E-state index in [1.54, 1.807) is 12.4 Å². The van der Waals surface area contributed by atoms with E-state index in [4.69, 9.17) is 4.74 Å². The average molecular weight is 302 g/mol. The van der Waals surface area contributed by atoms with Crippen LogP contribution in [0.15, 0.2) is 12.4 Å². The topological polar surface area (TPSA) is 52.1 Å². The number of esters is 1. The van der Waals surface area contributed by atoms with Crippen LogP contribution in [-0.2, 0) is 4.79 Å². The van der Waals surface area contributed by atoms with Crippen LogP contribution >= 0.6 is 0 Å². The summed E-state index contributed by atoms with van der Waals surface area (Å²) in [6.07, 6.45) is 14.9. The van der Waals surface area contributed by atoms with Crippen LogP contribution in [0.5, 0.6) is 5.75 Å². The van der Waals surface area contributed by atoms with Gasteiger partial charge in [-0.2, -0.15) is 0 Å². The minimum absolute atomic E-state index is 0.0356. The molecule has 0 unspecified atom stereocenters. The molecule has 0 spiro atoms. The van der Waals surface area contributed by atoms with Gasteiger partial charge in [0.15, 0.2) is 5.75 Å². The minimum atomic E-state index is -0.260. The van der Waals surface area contributed by atoms with E-state index >= 15 is 0 Å². The molecule has 4 nitrogen and oxygen atoms in total. The van der Waals surface area contributed by atoms with E-state index in [9.17, 15) is 4.79 Å². The molecule has 0 aliphatic heterocycles. The summed E-state index contributed by atoms with van der Waals surface area (Å²) < 4.78 is 5.70. The SMILES string of the molecule is Cc1ncc(OC(=O)C2(C3CCCCC3)CCCCC2)cn1. The fourth-order valence-electron chi connectivity index (χ4n) is 4.26. The third-order valence-corrected chi connectivity index (χ3v) is 5.51. The van der Waals surface area contributed by atoms with Gasteiger partial charge in [0.05, 0.1) is 17.8 Å². The Morgan fingerprint density at radius 1 is 1.05 bits per heavy atom. The van der Waals surface area contributed by atoms with Gasteiger partial charge in [-0.1, -0.05) is 38.5 Å². The van der Waals surface area contributed by atoms with E-state index in [0.717, 1.165) is 25.7 Å². The van der Waals surface area contributed by atoms with Crippen LogP contribution in [0.1, 0.15) is 70.0 Å². The van der Waals surface area contributed by atoms with Crippen molar-refractivity contribution in [3.8, 4) is 5.75 Å². The van der Waals surface area contributed by atoms with Gasteiger partial charge >= 0.3 is 5.97 Å². The maximum absolute atomic E-state index is 13.0. The minimum Gasteiger partial charge on any atom is -0.423 e. The summed E-state index contributed by atoms with van der Waals surface area (Å²) in [7, 11) is 0. The summed E-state index contributed by atoms with van der Waals surface area (Å²) in [6, 6.07) is 0. The predicted molar refractivity (Wildman–Crippen MR) is 84.5 cm³/mol. The van der Waals surface area contributed by atoms with E-state index in [2.05, 4.69) is 9.97 Å². The molecular formula is C18H26N2O2. The molecule has 2 aliphatic carbocycles. The lowest BCUT2D eigenvalue weighted by atomic mass is 9.62. The zero-order valence-electron chi connectivity index (χ0n) is 13.5. The maximum atomic E-state index is 13.0. The number of carbonyl (C=O) groups is 1. The summed E-state index contributed by atoms with van der Waals surface area (Å²) in [5.41, 5.74) is -0.260. The van der Waals surface area contributed by atoms with Gasteiger partial charge in [0.2, 0.25) is 0 Å². The largest absolute Gasteiger partial charge is 0.423 e. The highest BCUT2D eigenvalue weighted by Gasteiger charge is 2.47. The first kappa shape index (κ1) is 15.4. The smallest absolute Gasteiger partial charge is 0.317 e. The Morgan fingerprint density at radius 3 is 2.27 bits per heavy atom. The molecule has 0 N–H and O–H groups in total. The Morgan fingerprint density at radius 2 is 1.64 bits per heavy atom. The average Bonchev–Trinajstić information content (AvgIpc) is 2.58. The van der Waals surface area contributed by atoms with Gasteiger partial charge in [-0.3, -0.25) is 4.79 Å². The van der Waals surface area contributed by atoms with Gasteiger partial charge in [-0.15, -0.1) is 0 Å². The number of rotatable bonds is 3. The lowest BCUT2D eigenvalue weighted by molar-refractivity contribution is -0.153. The van der Waals surface area contributed by atoms with Crippen LogP contribution in [0.3, 0.4) is 0 Å². The third-order valence-electron chi connectivity index (χ3n) is 5.51. The first-order valence-corrected chi connectivity index (χ1v) is 8.72. The molecule has 1 aromatic heterocycles. The van der Waals surface area contributed by atoms with Crippen molar-refractivity contribution in [1.29, 1.82) is 0 Å². The molecule has 3 rings (SSSR count). The van der Waals surface area contributed by atoms with Crippen molar-refractivity contribution in [2.45, 2.75) is 71.1 Å². The van der Waals surface area contributed by atoms with Crippen molar-refractivity contribution < 1.29 is 9.53 Å². The number of nitrogens with zero attached hydrogens (tertiary/aromatic N) is 2. The van der Waals surface area contributed by atoms with Gasteiger partial charge in [0.1, 0.15) is 5.82 Å². The van der Waals surface area contributed by atoms with E-state index in [1.165, 1.54) is 38.5 Å². The Balaban J connectivity index is 1.78. The van der Waals surface area contributed by atoms with E-state index in [1.807, 2.05) is 6.92 Å². The number of aromatic nitrogens is 2. The summed E-state index contributed by atoms with van der Waals surface area (Å²) in [5.74, 6) is 1.64. The number of carbonyl (C=O) groups excluding carboxylic acids is 1. The number of aryl methyl sites for hydroxylation is 1. The molecule has 1 heterocycles. The molecule has 0 aromatic carbocycles. The highest BCUT2D eigenvalue weighted by atomic mass is 16.5. The zero-order chi connectivity index (χ0) is 15.4. The van der Waals surface area contributed by atoms with Crippen molar-refractivity contribution in [1.82, 2.24) is 9.97 Å². The Labute approximate surface area is 132 Å². The second-order valence-corrected chi connectivity index (χ2v) is 6.91. The molecule has 2 aliphatic rings. The molecule has 4 heteroatoms. The van der Waals surface area contributed by atoms with E-state index in [-0.39, 0.29) is 11.4 Å². The molecule has 22 heavy (non-hydrogen) atoms. The number of hydrogen-bond acceptors (Lipinski definition) is 4. The molecule has 0 bridgehead atoms. The molecule has 2 saturated carbocycles. The monoisotopic (exact) mass is 302 g/mol. The lowest BCUT2D eigenvalue weighted by Crippen LogP contribution is -2.44. The predicted octanol–water partition coefficient (Wildman–Crippen LogP) is 4.22. The highest BCUT2D eigenvalue weighted by molar-refractivity contribution is 5.79. The first-order valence-electron chi connectivity index (χ1n) is 8.72. The molecular weight excluding hydrogens is 276 g/mol. The fourth-order valence-corrected chi connectivity index (χ4v) is 4.26. The number of hydrogen-bond donors (Lipinski definition) is 0. The van der Waals surface area contributed by atoms with Crippen molar-refractivity contribution in [2.24, 2.45) is 11.3 Å². The van der Waals surface area contributed by atoms with Crippen LogP contribution in [0.25, 0.3) is 0 Å². The summed E-state index contributed by atoms with van der Waals surface area (Å²) in [4.78, 5) is 21.2. The van der Waals surface area contributed by atoms with Gasteiger partial charge in [-0.05, 0) is 38.5 Å². The van der Waals surface area contributed by atoms with Crippen molar-refractivity contribution in [2.75, 3.05) is 0 Å². The van der Waals surface area contributed by atoms with Crippen molar-refractivity contribution in [3.63, 3.8) is 0 Å². The highest BCUT2D eigenvalue weighted by Crippen LogP contribution is 2.49. The van der Waals surface area contributed by atoms with E-state index in [0.29, 0.717) is 17.5 Å². The van der Waals surface area contributed by atoms with Crippen LogP contribution in [0.2, 0.25) is 0 Å². The molecule has 120 valence electrons. The van der Waals surface area contributed by atoms with Crippen molar-refractivity contribution in [3.05, 3.63) is 18.2 Å². The molecule has 2 fully saturated rings. The molecule has 0 atom stereocenters. The van der Waals surface area contributed by atoms with E-state index < -0.39 is 0 Å². The maximum Gasteiger partial charge on any atom is 0.317 e. The quantitative estimate of drug-likeness (QED) is 0.784. The third kappa shape index (κ3) is 3.16. The zero-order valence-corrected chi connectivity index (χ0v) is 13.5. The second-order valence-electron chi connectivity index (χ2n) is 6.91. The van der Waals surface area contributed by atoms with Crippen LogP contribution < -0.4 is 4.74 Å². The van der Waals surface area contributed by atoms with Crippen LogP contribution in [0.4, 0.5) is 0 Å². The Bertz CT molecular complexity index is 500. The molecule has 1 aromatic rings. The van der Waals surface area contributed by atoms with Crippen LogP contribution in [0, 0.1) is 18.3 Å². The molecule has 0 saturated heterocycles. The number of ether oxygens (including phenoxy) is 1. The normalized spacial score (nSPS) is 22.2. The molecule has 0 radical (unpaired) electrons.